The molecule has 5 heteroatoms. The van der Waals surface area contributed by atoms with Gasteiger partial charge in [0.15, 0.2) is 0 Å². The number of benzene rings is 2. The van der Waals surface area contributed by atoms with Crippen molar-refractivity contribution in [3.05, 3.63) is 65.0 Å². The number of fused-ring (bicyclic) bond motifs is 1. The van der Waals surface area contributed by atoms with Crippen molar-refractivity contribution in [2.45, 2.75) is 58.9 Å². The summed E-state index contributed by atoms with van der Waals surface area (Å²) in [6.45, 7) is 8.48. The third-order valence-corrected chi connectivity index (χ3v) is 6.41. The molecule has 1 aliphatic rings. The van der Waals surface area contributed by atoms with E-state index in [4.69, 9.17) is 4.98 Å². The first-order chi connectivity index (χ1) is 15.6. The second kappa shape index (κ2) is 10.8. The molecule has 0 radical (unpaired) electrons. The van der Waals surface area contributed by atoms with Crippen LogP contribution in [0, 0.1) is 5.92 Å². The number of hydrogen-bond donors (Lipinski definition) is 2. The van der Waals surface area contributed by atoms with E-state index < -0.39 is 0 Å². The molecule has 1 amide bonds. The summed E-state index contributed by atoms with van der Waals surface area (Å²) >= 11 is 0. The number of nitrogens with one attached hydrogen (secondary N) is 2. The van der Waals surface area contributed by atoms with E-state index in [0.29, 0.717) is 18.0 Å². The van der Waals surface area contributed by atoms with E-state index in [0.717, 1.165) is 42.7 Å². The van der Waals surface area contributed by atoms with Crippen molar-refractivity contribution in [1.82, 2.24) is 20.2 Å². The largest absolute Gasteiger partial charge is 0.352 e. The molecule has 0 aliphatic carbocycles. The summed E-state index contributed by atoms with van der Waals surface area (Å²) < 4.78 is 0. The second-order valence-electron chi connectivity index (χ2n) is 9.43. The molecular weight excluding hydrogens is 396 g/mol. The highest BCUT2D eigenvalue weighted by molar-refractivity contribution is 6.04. The molecule has 3 aromatic rings. The Morgan fingerprint density at radius 1 is 1.03 bits per heavy atom. The van der Waals surface area contributed by atoms with Gasteiger partial charge in [0, 0.05) is 19.5 Å². The van der Waals surface area contributed by atoms with Crippen LogP contribution < -0.4 is 5.32 Å². The summed E-state index contributed by atoms with van der Waals surface area (Å²) in [7, 11) is 0. The monoisotopic (exact) mass is 432 g/mol. The van der Waals surface area contributed by atoms with Gasteiger partial charge in [-0.3, -0.25) is 9.69 Å². The number of nitrogens with zero attached hydrogens (tertiary/aromatic N) is 2. The molecule has 2 aromatic carbocycles. The zero-order chi connectivity index (χ0) is 22.3. The number of aryl methyl sites for hydroxylation is 2. The SMILES string of the molecule is CC(C)CCNC(=O)c1cccc2[nH]c(CCc3ccccc3CN3CCCCC3)nc12. The van der Waals surface area contributed by atoms with Gasteiger partial charge in [0.05, 0.1) is 11.1 Å². The van der Waals surface area contributed by atoms with Gasteiger partial charge < -0.3 is 10.3 Å². The fourth-order valence-corrected chi connectivity index (χ4v) is 4.52. The number of para-hydroxylation sites is 1. The van der Waals surface area contributed by atoms with E-state index in [9.17, 15) is 4.79 Å². The van der Waals surface area contributed by atoms with Crippen LogP contribution in [-0.4, -0.2) is 40.4 Å². The summed E-state index contributed by atoms with van der Waals surface area (Å²) in [5, 5.41) is 3.04. The van der Waals surface area contributed by atoms with Gasteiger partial charge in [-0.05, 0) is 68.0 Å². The van der Waals surface area contributed by atoms with Gasteiger partial charge in [0.2, 0.25) is 0 Å². The number of hydrogen-bond acceptors (Lipinski definition) is 3. The maximum atomic E-state index is 12.7. The highest BCUT2D eigenvalue weighted by atomic mass is 16.1. The summed E-state index contributed by atoms with van der Waals surface area (Å²) in [6.07, 6.45) is 6.75. The van der Waals surface area contributed by atoms with E-state index in [2.05, 4.69) is 53.3 Å². The van der Waals surface area contributed by atoms with Gasteiger partial charge in [-0.1, -0.05) is 50.6 Å². The predicted molar refractivity (Wildman–Crippen MR) is 131 cm³/mol. The minimum Gasteiger partial charge on any atom is -0.352 e. The molecule has 1 fully saturated rings. The molecule has 0 atom stereocenters. The van der Waals surface area contributed by atoms with Crippen molar-refractivity contribution < 1.29 is 4.79 Å². The van der Waals surface area contributed by atoms with Crippen molar-refractivity contribution in [2.24, 2.45) is 5.92 Å². The number of aromatic nitrogens is 2. The van der Waals surface area contributed by atoms with E-state index in [1.54, 1.807) is 0 Å². The Morgan fingerprint density at radius 3 is 2.59 bits per heavy atom. The molecule has 0 unspecified atom stereocenters. The quantitative estimate of drug-likeness (QED) is 0.494. The number of aromatic amines is 1. The van der Waals surface area contributed by atoms with Crippen molar-refractivity contribution >= 4 is 16.9 Å². The summed E-state index contributed by atoms with van der Waals surface area (Å²) in [4.78, 5) is 23.5. The van der Waals surface area contributed by atoms with Gasteiger partial charge in [-0.2, -0.15) is 0 Å². The molecule has 1 aliphatic heterocycles. The molecule has 0 spiro atoms. The third kappa shape index (κ3) is 5.77. The highest BCUT2D eigenvalue weighted by Crippen LogP contribution is 2.20. The van der Waals surface area contributed by atoms with Crippen molar-refractivity contribution in [2.75, 3.05) is 19.6 Å². The summed E-state index contributed by atoms with van der Waals surface area (Å²) in [5.74, 6) is 1.47. The van der Waals surface area contributed by atoms with Crippen LogP contribution in [0.3, 0.4) is 0 Å². The zero-order valence-electron chi connectivity index (χ0n) is 19.5. The number of carbonyl (C=O) groups excluding carboxylic acids is 1. The highest BCUT2D eigenvalue weighted by Gasteiger charge is 2.15. The first kappa shape index (κ1) is 22.5. The van der Waals surface area contributed by atoms with Gasteiger partial charge in [-0.25, -0.2) is 4.98 Å². The average Bonchev–Trinajstić information content (AvgIpc) is 3.22. The van der Waals surface area contributed by atoms with Crippen molar-refractivity contribution in [3.63, 3.8) is 0 Å². The first-order valence-corrected chi connectivity index (χ1v) is 12.1. The van der Waals surface area contributed by atoms with Crippen LogP contribution in [0.1, 0.15) is 66.8 Å². The molecule has 1 saturated heterocycles. The van der Waals surface area contributed by atoms with Crippen molar-refractivity contribution in [3.8, 4) is 0 Å². The third-order valence-electron chi connectivity index (χ3n) is 6.41. The Morgan fingerprint density at radius 2 is 1.81 bits per heavy atom. The number of rotatable bonds is 9. The van der Waals surface area contributed by atoms with Crippen LogP contribution >= 0.6 is 0 Å². The lowest BCUT2D eigenvalue weighted by Crippen LogP contribution is -2.29. The van der Waals surface area contributed by atoms with Crippen LogP contribution in [0.15, 0.2) is 42.5 Å². The fraction of sp³-hybridized carbons (Fsp3) is 0.481. The van der Waals surface area contributed by atoms with Gasteiger partial charge in [0.1, 0.15) is 11.3 Å². The van der Waals surface area contributed by atoms with E-state index >= 15 is 0 Å². The van der Waals surface area contributed by atoms with Crippen LogP contribution in [0.25, 0.3) is 11.0 Å². The Kier molecular flexibility index (Phi) is 7.59. The first-order valence-electron chi connectivity index (χ1n) is 12.1. The number of carbonyl (C=O) groups is 1. The average molecular weight is 433 g/mol. The van der Waals surface area contributed by atoms with Crippen molar-refractivity contribution in [1.29, 1.82) is 0 Å². The maximum Gasteiger partial charge on any atom is 0.253 e. The molecule has 4 rings (SSSR count). The topological polar surface area (TPSA) is 61.0 Å². The predicted octanol–water partition coefficient (Wildman–Crippen LogP) is 5.11. The molecule has 0 saturated carbocycles. The van der Waals surface area contributed by atoms with Crippen LogP contribution in [-0.2, 0) is 19.4 Å². The lowest BCUT2D eigenvalue weighted by Gasteiger charge is -2.27. The summed E-state index contributed by atoms with van der Waals surface area (Å²) in [6, 6.07) is 14.6. The molecule has 32 heavy (non-hydrogen) atoms. The van der Waals surface area contributed by atoms with Gasteiger partial charge >= 0.3 is 0 Å². The molecule has 2 N–H and O–H groups in total. The normalized spacial score (nSPS) is 14.8. The Labute approximate surface area is 191 Å². The molecule has 5 nitrogen and oxygen atoms in total. The van der Waals surface area contributed by atoms with Gasteiger partial charge in [0.25, 0.3) is 5.91 Å². The Bertz CT molecular complexity index is 1030. The van der Waals surface area contributed by atoms with E-state index in [1.165, 1.54) is 43.5 Å². The molecular formula is C27H36N4O. The molecule has 2 heterocycles. The molecule has 170 valence electrons. The Balaban J connectivity index is 1.44. The fourth-order valence-electron chi connectivity index (χ4n) is 4.52. The zero-order valence-corrected chi connectivity index (χ0v) is 19.5. The van der Waals surface area contributed by atoms with E-state index in [-0.39, 0.29) is 5.91 Å². The Hall–Kier alpha value is -2.66. The minimum atomic E-state index is -0.0406. The minimum absolute atomic E-state index is 0.0406. The maximum absolute atomic E-state index is 12.7. The number of imidazole rings is 1. The number of amides is 1. The number of piperidine rings is 1. The number of likely N-dealkylation sites (tertiary alicyclic amines) is 1. The lowest BCUT2D eigenvalue weighted by atomic mass is 10.0. The van der Waals surface area contributed by atoms with Crippen LogP contribution in [0.4, 0.5) is 0 Å². The molecule has 1 aromatic heterocycles. The number of H-pyrrole nitrogens is 1. The lowest BCUT2D eigenvalue weighted by molar-refractivity contribution is 0.0953. The second-order valence-corrected chi connectivity index (χ2v) is 9.43. The van der Waals surface area contributed by atoms with Crippen LogP contribution in [0.5, 0.6) is 0 Å². The smallest absolute Gasteiger partial charge is 0.253 e. The molecule has 0 bridgehead atoms. The van der Waals surface area contributed by atoms with Crippen LogP contribution in [0.2, 0.25) is 0 Å². The van der Waals surface area contributed by atoms with Gasteiger partial charge in [-0.15, -0.1) is 0 Å². The standard InChI is InChI=1S/C27H36N4O/c1-20(2)15-16-28-27(32)23-11-8-12-24-26(23)30-25(29-24)14-13-21-9-4-5-10-22(21)19-31-17-6-3-7-18-31/h4-5,8-12,20H,3,6-7,13-19H2,1-2H3,(H,28,32)(H,29,30). The van der Waals surface area contributed by atoms with E-state index in [1.807, 2.05) is 18.2 Å². The summed E-state index contributed by atoms with van der Waals surface area (Å²) in [5.41, 5.74) is 5.17.